The van der Waals surface area contributed by atoms with E-state index in [1.165, 1.54) is 11.0 Å². The molecule has 0 aliphatic carbocycles. The molecule has 3 nitrogen and oxygen atoms in total. The summed E-state index contributed by atoms with van der Waals surface area (Å²) in [5, 5.41) is 0. The summed E-state index contributed by atoms with van der Waals surface area (Å²) in [6, 6.07) is 13.4. The first-order valence-corrected chi connectivity index (χ1v) is 6.88. The number of nitrogens with zero attached hydrogens (tertiary/aromatic N) is 1. The fourth-order valence-corrected chi connectivity index (χ4v) is 2.52. The van der Waals surface area contributed by atoms with E-state index in [9.17, 15) is 4.79 Å². The highest BCUT2D eigenvalue weighted by Crippen LogP contribution is 2.17. The molecule has 0 aliphatic heterocycles. The molecule has 0 spiro atoms. The van der Waals surface area contributed by atoms with Gasteiger partial charge in [-0.2, -0.15) is 0 Å². The zero-order valence-electron chi connectivity index (χ0n) is 10.1. The number of pyridine rings is 1. The second-order valence-corrected chi connectivity index (χ2v) is 5.18. The minimum Gasteiger partial charge on any atom is -0.398 e. The molecule has 0 unspecified atom stereocenters. The van der Waals surface area contributed by atoms with Gasteiger partial charge >= 0.3 is 0 Å². The number of thioether (sulfide) groups is 1. The topological polar surface area (TPSA) is 48.0 Å². The van der Waals surface area contributed by atoms with Crippen LogP contribution in [-0.2, 0) is 6.54 Å². The third-order valence-electron chi connectivity index (χ3n) is 2.56. The molecule has 0 bridgehead atoms. The minimum atomic E-state index is 0.00825. The summed E-state index contributed by atoms with van der Waals surface area (Å²) in [6.45, 7) is 0.712. The zero-order chi connectivity index (χ0) is 12.8. The molecule has 2 N–H and O–H groups in total. The maximum atomic E-state index is 11.5. The Bertz CT molecular complexity index is 551. The zero-order valence-corrected chi connectivity index (χ0v) is 10.9. The van der Waals surface area contributed by atoms with E-state index in [0.29, 0.717) is 12.2 Å². The Morgan fingerprint density at radius 3 is 2.67 bits per heavy atom. The van der Waals surface area contributed by atoms with Crippen molar-refractivity contribution in [3.8, 4) is 0 Å². The number of nitrogens with two attached hydrogens (primary N) is 1. The van der Waals surface area contributed by atoms with Crippen molar-refractivity contribution >= 4 is 17.4 Å². The van der Waals surface area contributed by atoms with E-state index in [1.54, 1.807) is 28.6 Å². The van der Waals surface area contributed by atoms with Crippen LogP contribution >= 0.6 is 11.8 Å². The van der Waals surface area contributed by atoms with Gasteiger partial charge in [0.2, 0.25) is 0 Å². The van der Waals surface area contributed by atoms with Gasteiger partial charge in [-0.1, -0.05) is 18.2 Å². The maximum Gasteiger partial charge on any atom is 0.250 e. The van der Waals surface area contributed by atoms with Gasteiger partial charge in [0.15, 0.2) is 0 Å². The van der Waals surface area contributed by atoms with Crippen molar-refractivity contribution in [2.75, 3.05) is 11.5 Å². The number of nitrogen functional groups attached to an aromatic ring is 1. The van der Waals surface area contributed by atoms with Gasteiger partial charge in [0.05, 0.1) is 0 Å². The summed E-state index contributed by atoms with van der Waals surface area (Å²) >= 11 is 1.80. The van der Waals surface area contributed by atoms with Crippen molar-refractivity contribution in [3.63, 3.8) is 0 Å². The first-order valence-electron chi connectivity index (χ1n) is 5.89. The van der Waals surface area contributed by atoms with Crippen molar-refractivity contribution in [3.05, 3.63) is 59.0 Å². The average molecular weight is 260 g/mol. The summed E-state index contributed by atoms with van der Waals surface area (Å²) < 4.78 is 1.67. The van der Waals surface area contributed by atoms with Crippen LogP contribution in [0.1, 0.15) is 6.42 Å². The second kappa shape index (κ2) is 6.31. The number of aromatic nitrogens is 1. The van der Waals surface area contributed by atoms with Crippen LogP contribution in [-0.4, -0.2) is 10.3 Å². The monoisotopic (exact) mass is 260 g/mol. The molecule has 0 saturated heterocycles. The van der Waals surface area contributed by atoms with Crippen LogP contribution in [0.5, 0.6) is 0 Å². The first kappa shape index (κ1) is 12.8. The van der Waals surface area contributed by atoms with Gasteiger partial charge < -0.3 is 10.3 Å². The summed E-state index contributed by atoms with van der Waals surface area (Å²) in [4.78, 5) is 12.8. The molecule has 4 heteroatoms. The molecule has 0 amide bonds. The Hall–Kier alpha value is -1.68. The van der Waals surface area contributed by atoms with Gasteiger partial charge in [-0.15, -0.1) is 11.8 Å². The predicted octanol–water partition coefficient (Wildman–Crippen LogP) is 2.61. The van der Waals surface area contributed by atoms with Crippen LogP contribution in [0.4, 0.5) is 5.69 Å². The highest BCUT2D eigenvalue weighted by atomic mass is 32.2. The predicted molar refractivity (Wildman–Crippen MR) is 76.9 cm³/mol. The van der Waals surface area contributed by atoms with E-state index in [0.717, 1.165) is 12.2 Å². The molecule has 0 atom stereocenters. The van der Waals surface area contributed by atoms with E-state index in [4.69, 9.17) is 5.73 Å². The molecule has 1 aromatic carbocycles. The van der Waals surface area contributed by atoms with Crippen molar-refractivity contribution in [2.45, 2.75) is 17.9 Å². The lowest BCUT2D eigenvalue weighted by molar-refractivity contribution is 0.660. The van der Waals surface area contributed by atoms with Crippen LogP contribution in [0.15, 0.2) is 58.4 Å². The molecule has 1 heterocycles. The standard InChI is InChI=1S/C14H16N2OS/c15-12-7-8-14(17)16(11-12)9-4-10-18-13-5-2-1-3-6-13/h1-3,5-8,11H,4,9-10,15H2. The number of anilines is 1. The van der Waals surface area contributed by atoms with E-state index in [-0.39, 0.29) is 5.56 Å². The Kier molecular flexibility index (Phi) is 4.47. The van der Waals surface area contributed by atoms with E-state index < -0.39 is 0 Å². The molecule has 0 saturated carbocycles. The third kappa shape index (κ3) is 3.67. The van der Waals surface area contributed by atoms with Gasteiger partial charge in [0.1, 0.15) is 0 Å². The summed E-state index contributed by atoms with van der Waals surface area (Å²) in [5.41, 5.74) is 6.30. The van der Waals surface area contributed by atoms with Crippen LogP contribution in [0.2, 0.25) is 0 Å². The lowest BCUT2D eigenvalue weighted by atomic mass is 10.4. The summed E-state index contributed by atoms with van der Waals surface area (Å²) in [7, 11) is 0. The Morgan fingerprint density at radius 1 is 1.11 bits per heavy atom. The molecule has 1 aromatic heterocycles. The second-order valence-electron chi connectivity index (χ2n) is 4.01. The smallest absolute Gasteiger partial charge is 0.250 e. The molecule has 2 rings (SSSR count). The van der Waals surface area contributed by atoms with Crippen molar-refractivity contribution in [1.82, 2.24) is 4.57 Å². The van der Waals surface area contributed by atoms with Gasteiger partial charge in [0, 0.05) is 29.4 Å². The van der Waals surface area contributed by atoms with Crippen molar-refractivity contribution in [1.29, 1.82) is 0 Å². The molecule has 0 fully saturated rings. The Morgan fingerprint density at radius 2 is 1.89 bits per heavy atom. The summed E-state index contributed by atoms with van der Waals surface area (Å²) in [6.07, 6.45) is 2.65. The van der Waals surface area contributed by atoms with Crippen molar-refractivity contribution < 1.29 is 0 Å². The molecule has 18 heavy (non-hydrogen) atoms. The fourth-order valence-electron chi connectivity index (χ4n) is 1.67. The molecule has 0 radical (unpaired) electrons. The van der Waals surface area contributed by atoms with E-state index in [2.05, 4.69) is 12.1 Å². The number of aryl methyl sites for hydroxylation is 1. The fraction of sp³-hybridized carbons (Fsp3) is 0.214. The quantitative estimate of drug-likeness (QED) is 0.664. The van der Waals surface area contributed by atoms with Gasteiger partial charge in [-0.3, -0.25) is 4.79 Å². The Labute approximate surface area is 111 Å². The summed E-state index contributed by atoms with van der Waals surface area (Å²) in [5.74, 6) is 0.991. The van der Waals surface area contributed by atoms with E-state index >= 15 is 0 Å². The molecular weight excluding hydrogens is 244 g/mol. The highest BCUT2D eigenvalue weighted by molar-refractivity contribution is 7.99. The lowest BCUT2D eigenvalue weighted by Crippen LogP contribution is -2.19. The van der Waals surface area contributed by atoms with Gasteiger partial charge in [0.25, 0.3) is 5.56 Å². The van der Waals surface area contributed by atoms with Crippen LogP contribution in [0.25, 0.3) is 0 Å². The highest BCUT2D eigenvalue weighted by Gasteiger charge is 1.97. The average Bonchev–Trinajstić information content (AvgIpc) is 2.40. The van der Waals surface area contributed by atoms with Crippen LogP contribution in [0, 0.1) is 0 Å². The third-order valence-corrected chi connectivity index (χ3v) is 3.66. The lowest BCUT2D eigenvalue weighted by Gasteiger charge is -2.06. The van der Waals surface area contributed by atoms with Crippen LogP contribution < -0.4 is 11.3 Å². The largest absolute Gasteiger partial charge is 0.398 e. The molecule has 2 aromatic rings. The molecular formula is C14H16N2OS. The number of rotatable bonds is 5. The first-order chi connectivity index (χ1) is 8.75. The number of hydrogen-bond acceptors (Lipinski definition) is 3. The van der Waals surface area contributed by atoms with E-state index in [1.807, 2.05) is 18.2 Å². The van der Waals surface area contributed by atoms with Gasteiger partial charge in [-0.05, 0) is 30.4 Å². The molecule has 94 valence electrons. The van der Waals surface area contributed by atoms with Crippen molar-refractivity contribution in [2.24, 2.45) is 0 Å². The normalized spacial score (nSPS) is 10.4. The number of benzene rings is 1. The molecule has 0 aliphatic rings. The minimum absolute atomic E-state index is 0.00825. The SMILES string of the molecule is Nc1ccc(=O)n(CCCSc2ccccc2)c1. The van der Waals surface area contributed by atoms with Crippen LogP contribution in [0.3, 0.4) is 0 Å². The van der Waals surface area contributed by atoms with Gasteiger partial charge in [-0.25, -0.2) is 0 Å². The number of hydrogen-bond donors (Lipinski definition) is 1. The maximum absolute atomic E-state index is 11.5. The Balaban J connectivity index is 1.82.